The van der Waals surface area contributed by atoms with Crippen molar-refractivity contribution in [3.8, 4) is 0 Å². The van der Waals surface area contributed by atoms with E-state index in [1.54, 1.807) is 0 Å². The normalized spacial score (nSPS) is 12.3. The first-order chi connectivity index (χ1) is 14.7. The van der Waals surface area contributed by atoms with Crippen LogP contribution in [0.15, 0.2) is 34.1 Å². The smallest absolute Gasteiger partial charge is 0.124 e. The third-order valence-electron chi connectivity index (χ3n) is 6.77. The molecule has 1 rings (SSSR count). The summed E-state index contributed by atoms with van der Waals surface area (Å²) in [6.07, 6.45) is 11.6. The molecule has 0 radical (unpaired) electrons. The molecule has 0 unspecified atom stereocenters. The first-order valence-electron chi connectivity index (χ1n) is 11.4. The van der Waals surface area contributed by atoms with E-state index in [-0.39, 0.29) is 0 Å². The SMILES string of the molecule is CC[P+](CC)(CC)CC.CC[P+](CC)(CC)CC.O=S(=O)([O-])c1ccc(S(=O)(=O)[O-])cc1. The zero-order valence-corrected chi connectivity index (χ0v) is 24.5. The Labute approximate surface area is 199 Å². The van der Waals surface area contributed by atoms with Gasteiger partial charge in [-0.1, -0.05) is 0 Å². The van der Waals surface area contributed by atoms with Crippen LogP contribution in [0.5, 0.6) is 0 Å². The molecule has 32 heavy (non-hydrogen) atoms. The molecule has 10 heteroatoms. The molecule has 6 nitrogen and oxygen atoms in total. The molecule has 0 spiro atoms. The van der Waals surface area contributed by atoms with Crippen LogP contribution >= 0.6 is 14.5 Å². The first kappa shape index (κ1) is 34.1. The van der Waals surface area contributed by atoms with Gasteiger partial charge in [0, 0.05) is 14.5 Å². The molecule has 0 amide bonds. The lowest BCUT2D eigenvalue weighted by molar-refractivity contribution is 0.458. The van der Waals surface area contributed by atoms with Gasteiger partial charge in [-0.05, 0) is 79.7 Å². The highest BCUT2D eigenvalue weighted by Gasteiger charge is 2.28. The minimum Gasteiger partial charge on any atom is -0.744 e. The van der Waals surface area contributed by atoms with E-state index in [4.69, 9.17) is 0 Å². The van der Waals surface area contributed by atoms with Crippen molar-refractivity contribution in [3.63, 3.8) is 0 Å². The monoisotopic (exact) mass is 530 g/mol. The van der Waals surface area contributed by atoms with Gasteiger partial charge in [0.25, 0.3) is 0 Å². The van der Waals surface area contributed by atoms with Crippen molar-refractivity contribution in [1.29, 1.82) is 0 Å². The maximum Gasteiger partial charge on any atom is 0.124 e. The first-order valence-corrected chi connectivity index (χ1v) is 19.3. The van der Waals surface area contributed by atoms with Gasteiger partial charge in [0.05, 0.1) is 59.1 Å². The van der Waals surface area contributed by atoms with E-state index in [0.717, 1.165) is 24.3 Å². The molecule has 0 fully saturated rings. The minimum absolute atomic E-state index is 0.420. The molecule has 190 valence electrons. The van der Waals surface area contributed by atoms with Crippen molar-refractivity contribution in [2.24, 2.45) is 0 Å². The molecule has 0 bridgehead atoms. The summed E-state index contributed by atoms with van der Waals surface area (Å²) in [6.45, 7) is 18.8. The molecule has 0 atom stereocenters. The highest BCUT2D eigenvalue weighted by atomic mass is 32.2. The molecular formula is C22H44O6P2S2. The maximum absolute atomic E-state index is 10.4. The van der Waals surface area contributed by atoms with Crippen LogP contribution in [0.3, 0.4) is 0 Å². The van der Waals surface area contributed by atoms with E-state index in [1.807, 2.05) is 0 Å². The zero-order valence-electron chi connectivity index (χ0n) is 21.1. The van der Waals surface area contributed by atoms with Gasteiger partial charge in [-0.2, -0.15) is 0 Å². The molecule has 0 aliphatic rings. The van der Waals surface area contributed by atoms with Gasteiger partial charge in [0.1, 0.15) is 20.2 Å². The van der Waals surface area contributed by atoms with E-state index in [1.165, 1.54) is 49.3 Å². The van der Waals surface area contributed by atoms with Gasteiger partial charge < -0.3 is 9.11 Å². The molecule has 0 aliphatic carbocycles. The average Bonchev–Trinajstić information content (AvgIpc) is 2.78. The van der Waals surface area contributed by atoms with Crippen LogP contribution in [0, 0.1) is 0 Å². The van der Waals surface area contributed by atoms with Crippen molar-refractivity contribution in [2.45, 2.75) is 65.2 Å². The molecule has 0 heterocycles. The van der Waals surface area contributed by atoms with E-state index >= 15 is 0 Å². The molecule has 0 saturated heterocycles. The van der Waals surface area contributed by atoms with E-state index < -0.39 is 44.6 Å². The lowest BCUT2D eigenvalue weighted by Crippen LogP contribution is -2.04. The fourth-order valence-corrected chi connectivity index (χ4v) is 9.76. The van der Waals surface area contributed by atoms with Crippen LogP contribution in [0.25, 0.3) is 0 Å². The van der Waals surface area contributed by atoms with Gasteiger partial charge in [0.15, 0.2) is 0 Å². The second kappa shape index (κ2) is 15.7. The van der Waals surface area contributed by atoms with Crippen molar-refractivity contribution in [3.05, 3.63) is 24.3 Å². The summed E-state index contributed by atoms with van der Waals surface area (Å²) >= 11 is 0. The van der Waals surface area contributed by atoms with E-state index in [9.17, 15) is 25.9 Å². The van der Waals surface area contributed by atoms with Crippen molar-refractivity contribution in [2.75, 3.05) is 49.3 Å². The number of hydrogen-bond acceptors (Lipinski definition) is 6. The van der Waals surface area contributed by atoms with Gasteiger partial charge >= 0.3 is 0 Å². The molecule has 0 aromatic heterocycles. The highest BCUT2D eigenvalue weighted by Crippen LogP contribution is 2.57. The molecule has 0 aliphatic heterocycles. The number of rotatable bonds is 10. The molecule has 1 aromatic rings. The topological polar surface area (TPSA) is 114 Å². The lowest BCUT2D eigenvalue weighted by Gasteiger charge is -2.20. The maximum atomic E-state index is 10.4. The quantitative estimate of drug-likeness (QED) is 0.285. The second-order valence-corrected chi connectivity index (χ2v) is 20.8. The summed E-state index contributed by atoms with van der Waals surface area (Å²) in [5.41, 5.74) is 0. The lowest BCUT2D eigenvalue weighted by atomic mass is 10.4. The molecule has 1 aromatic carbocycles. The fourth-order valence-electron chi connectivity index (χ4n) is 3.46. The predicted molar refractivity (Wildman–Crippen MR) is 141 cm³/mol. The summed E-state index contributed by atoms with van der Waals surface area (Å²) in [4.78, 5) is -1.16. The van der Waals surface area contributed by atoms with E-state index in [0.29, 0.717) is 0 Å². The zero-order chi connectivity index (χ0) is 25.6. The van der Waals surface area contributed by atoms with Crippen LogP contribution < -0.4 is 0 Å². The average molecular weight is 531 g/mol. The highest BCUT2D eigenvalue weighted by molar-refractivity contribution is 7.86. The Morgan fingerprint density at radius 1 is 0.500 bits per heavy atom. The van der Waals surface area contributed by atoms with Gasteiger partial charge in [-0.3, -0.25) is 0 Å². The fraction of sp³-hybridized carbons (Fsp3) is 0.727. The largest absolute Gasteiger partial charge is 0.744 e. The van der Waals surface area contributed by atoms with Crippen LogP contribution in [0.2, 0.25) is 0 Å². The Morgan fingerprint density at radius 2 is 0.656 bits per heavy atom. The molecule has 0 N–H and O–H groups in total. The predicted octanol–water partition coefficient (Wildman–Crippen LogP) is 5.66. The van der Waals surface area contributed by atoms with Crippen LogP contribution in [0.1, 0.15) is 55.4 Å². The minimum atomic E-state index is -4.61. The Kier molecular flexibility index (Phi) is 16.8. The van der Waals surface area contributed by atoms with Gasteiger partial charge in [-0.25, -0.2) is 16.8 Å². The molecular weight excluding hydrogens is 486 g/mol. The Bertz CT molecular complexity index is 724. The van der Waals surface area contributed by atoms with Crippen LogP contribution in [0.4, 0.5) is 0 Å². The third kappa shape index (κ3) is 11.9. The van der Waals surface area contributed by atoms with E-state index in [2.05, 4.69) is 55.4 Å². The van der Waals surface area contributed by atoms with Crippen LogP contribution in [-0.4, -0.2) is 75.2 Å². The number of benzene rings is 1. The Balaban J connectivity index is 0. The van der Waals surface area contributed by atoms with Gasteiger partial charge in [-0.15, -0.1) is 0 Å². The van der Waals surface area contributed by atoms with Crippen LogP contribution in [-0.2, 0) is 20.2 Å². The summed E-state index contributed by atoms with van der Waals surface area (Å²) in [5.74, 6) is 0. The summed E-state index contributed by atoms with van der Waals surface area (Å²) < 4.78 is 62.5. The third-order valence-corrected chi connectivity index (χ3v) is 19.2. The van der Waals surface area contributed by atoms with Crippen molar-refractivity contribution >= 4 is 34.8 Å². The number of hydrogen-bond donors (Lipinski definition) is 0. The summed E-state index contributed by atoms with van der Waals surface area (Å²) in [5, 5.41) is 0. The van der Waals surface area contributed by atoms with Crippen molar-refractivity contribution < 1.29 is 25.9 Å². The Hall–Kier alpha value is -0.100. The Morgan fingerprint density at radius 3 is 0.719 bits per heavy atom. The second-order valence-electron chi connectivity index (χ2n) is 7.59. The molecule has 0 saturated carbocycles. The summed E-state index contributed by atoms with van der Waals surface area (Å²) in [7, 11) is -10.1. The van der Waals surface area contributed by atoms with Gasteiger partial charge in [0.2, 0.25) is 0 Å². The standard InChI is InChI=1S/2C8H20P.C6H6O6S2/c2*1-5-9(6-2,7-3)8-4;7-13(8,9)5-1-2-6(4-3-5)14(10,11)12/h2*5-8H2,1-4H3;1-4H,(H,7,8,9)(H,10,11,12)/q2*+1;/p-2. The summed E-state index contributed by atoms with van der Waals surface area (Å²) in [6, 6.07) is 3.08. The van der Waals surface area contributed by atoms with Crippen molar-refractivity contribution in [1.82, 2.24) is 0 Å².